The average molecular weight is 418 g/mol. The van der Waals surface area contributed by atoms with E-state index in [2.05, 4.69) is 10.5 Å². The van der Waals surface area contributed by atoms with Crippen molar-refractivity contribution in [3.8, 4) is 11.5 Å². The number of benzene rings is 2. The smallest absolute Gasteiger partial charge is 0.283 e. The third kappa shape index (κ3) is 3.25. The van der Waals surface area contributed by atoms with E-state index in [-0.39, 0.29) is 18.0 Å². The van der Waals surface area contributed by atoms with Crippen molar-refractivity contribution >= 4 is 50.8 Å². The van der Waals surface area contributed by atoms with Crippen LogP contribution in [0.1, 0.15) is 20.8 Å². The topological polar surface area (TPSA) is 103 Å². The number of amides is 1. The van der Waals surface area contributed by atoms with Crippen LogP contribution in [0.2, 0.25) is 5.02 Å². The lowest BCUT2D eigenvalue weighted by atomic mass is 10.1. The van der Waals surface area contributed by atoms with Crippen LogP contribution in [0.25, 0.3) is 10.1 Å². The van der Waals surface area contributed by atoms with Crippen molar-refractivity contribution < 1.29 is 19.2 Å². The van der Waals surface area contributed by atoms with Crippen molar-refractivity contribution in [2.75, 3.05) is 6.79 Å². The highest BCUT2D eigenvalue weighted by atomic mass is 35.5. The summed E-state index contributed by atoms with van der Waals surface area (Å²) in [6, 6.07) is 8.42. The first kappa shape index (κ1) is 18.2. The lowest BCUT2D eigenvalue weighted by molar-refractivity contribution is -0.385. The summed E-state index contributed by atoms with van der Waals surface area (Å²) < 4.78 is 11.3. The molecule has 4 rings (SSSR count). The normalized spacial score (nSPS) is 12.6. The Bertz CT molecular complexity index is 1160. The maximum absolute atomic E-state index is 12.4. The third-order valence-electron chi connectivity index (χ3n) is 4.08. The fraction of sp³-hybridized carbons (Fsp3) is 0.111. The molecule has 0 saturated carbocycles. The van der Waals surface area contributed by atoms with Crippen LogP contribution in [-0.2, 0) is 0 Å². The zero-order valence-electron chi connectivity index (χ0n) is 14.4. The van der Waals surface area contributed by atoms with Crippen LogP contribution in [0.3, 0.4) is 0 Å². The summed E-state index contributed by atoms with van der Waals surface area (Å²) in [4.78, 5) is 23.5. The van der Waals surface area contributed by atoms with E-state index < -0.39 is 10.8 Å². The molecule has 0 unspecified atom stereocenters. The maximum Gasteiger partial charge on any atom is 0.283 e. The summed E-state index contributed by atoms with van der Waals surface area (Å²) in [5.74, 6) is 0.171. The van der Waals surface area contributed by atoms with Gasteiger partial charge in [0.15, 0.2) is 11.5 Å². The number of nitrogens with one attached hydrogen (secondary N) is 1. The van der Waals surface area contributed by atoms with Crippen LogP contribution in [0.4, 0.5) is 5.69 Å². The van der Waals surface area contributed by atoms with Gasteiger partial charge in [0.2, 0.25) is 6.79 Å². The summed E-state index contributed by atoms with van der Waals surface area (Å²) in [6.07, 6.45) is 1.18. The van der Waals surface area contributed by atoms with Crippen molar-refractivity contribution in [2.45, 2.75) is 6.92 Å². The lowest BCUT2D eigenvalue weighted by Crippen LogP contribution is -2.16. The van der Waals surface area contributed by atoms with Gasteiger partial charge in [0.1, 0.15) is 4.88 Å². The first-order valence-electron chi connectivity index (χ1n) is 8.04. The molecule has 0 aliphatic carbocycles. The number of carbonyl (C=O) groups is 1. The lowest BCUT2D eigenvalue weighted by Gasteiger charge is -2.01. The second-order valence-electron chi connectivity index (χ2n) is 5.97. The molecule has 0 radical (unpaired) electrons. The zero-order valence-corrected chi connectivity index (χ0v) is 16.0. The molecule has 0 atom stereocenters. The van der Waals surface area contributed by atoms with E-state index in [0.717, 1.165) is 15.6 Å². The van der Waals surface area contributed by atoms with Gasteiger partial charge in [0.05, 0.1) is 27.8 Å². The number of nitro benzene ring substituents is 1. The first-order valence-corrected chi connectivity index (χ1v) is 9.23. The van der Waals surface area contributed by atoms with E-state index >= 15 is 0 Å². The Kier molecular flexibility index (Phi) is 4.62. The molecule has 1 aliphatic heterocycles. The number of nitro groups is 1. The predicted octanol–water partition coefficient (Wildman–Crippen LogP) is 4.26. The number of thiophene rings is 1. The summed E-state index contributed by atoms with van der Waals surface area (Å²) in [7, 11) is 0. The fourth-order valence-corrected chi connectivity index (χ4v) is 4.24. The number of rotatable bonds is 4. The van der Waals surface area contributed by atoms with Gasteiger partial charge in [-0.25, -0.2) is 5.43 Å². The minimum Gasteiger partial charge on any atom is -0.454 e. The van der Waals surface area contributed by atoms with E-state index in [4.69, 9.17) is 21.1 Å². The quantitative estimate of drug-likeness (QED) is 0.388. The van der Waals surface area contributed by atoms with Gasteiger partial charge in [-0.15, -0.1) is 11.3 Å². The van der Waals surface area contributed by atoms with E-state index in [1.165, 1.54) is 29.7 Å². The van der Waals surface area contributed by atoms with Crippen LogP contribution in [0, 0.1) is 17.0 Å². The molecule has 1 aliphatic rings. The number of ether oxygens (including phenoxy) is 2. The van der Waals surface area contributed by atoms with Gasteiger partial charge in [-0.2, -0.15) is 5.10 Å². The summed E-state index contributed by atoms with van der Waals surface area (Å²) in [5, 5.41) is 16.2. The minimum atomic E-state index is -0.559. The molecule has 0 fully saturated rings. The van der Waals surface area contributed by atoms with E-state index in [1.807, 2.05) is 25.1 Å². The minimum absolute atomic E-state index is 0.00622. The van der Waals surface area contributed by atoms with Gasteiger partial charge < -0.3 is 9.47 Å². The molecule has 28 heavy (non-hydrogen) atoms. The Morgan fingerprint density at radius 3 is 2.82 bits per heavy atom. The van der Waals surface area contributed by atoms with Crippen LogP contribution < -0.4 is 14.9 Å². The Labute approximate surface area is 167 Å². The monoisotopic (exact) mass is 417 g/mol. The Hall–Kier alpha value is -3.17. The Morgan fingerprint density at radius 1 is 1.32 bits per heavy atom. The van der Waals surface area contributed by atoms with Crippen LogP contribution >= 0.6 is 22.9 Å². The molecule has 1 aromatic heterocycles. The van der Waals surface area contributed by atoms with E-state index in [0.29, 0.717) is 21.4 Å². The SMILES string of the molecule is Cc1ccc2c(Cl)c(C(=O)N/N=C/c3cc4c(cc3[N+](=O)[O-])OCO4)sc2c1. The summed E-state index contributed by atoms with van der Waals surface area (Å²) in [5.41, 5.74) is 3.38. The molecular weight excluding hydrogens is 406 g/mol. The third-order valence-corrected chi connectivity index (χ3v) is 5.74. The number of carbonyl (C=O) groups excluding carboxylic acids is 1. The van der Waals surface area contributed by atoms with Gasteiger partial charge in [0.25, 0.3) is 11.6 Å². The standard InChI is InChI=1S/C18H12ClN3O5S/c1-9-2-3-11-15(4-9)28-17(16(11)19)18(23)21-20-7-10-5-13-14(27-8-26-13)6-12(10)22(24)25/h2-7H,8H2,1H3,(H,21,23)/b20-7+. The fourth-order valence-electron chi connectivity index (χ4n) is 2.74. The molecule has 0 spiro atoms. The molecule has 3 aromatic rings. The number of fused-ring (bicyclic) bond motifs is 2. The molecule has 10 heteroatoms. The van der Waals surface area contributed by atoms with E-state index in [9.17, 15) is 14.9 Å². The molecule has 1 amide bonds. The zero-order chi connectivity index (χ0) is 19.8. The van der Waals surface area contributed by atoms with Gasteiger partial charge in [-0.1, -0.05) is 23.7 Å². The summed E-state index contributed by atoms with van der Waals surface area (Å²) >= 11 is 7.56. The van der Waals surface area contributed by atoms with Crippen LogP contribution in [0.5, 0.6) is 11.5 Å². The highest BCUT2D eigenvalue weighted by molar-refractivity contribution is 7.21. The molecule has 8 nitrogen and oxygen atoms in total. The molecule has 2 aromatic carbocycles. The highest BCUT2D eigenvalue weighted by Crippen LogP contribution is 2.37. The second kappa shape index (κ2) is 7.10. The number of hydrazone groups is 1. The van der Waals surface area contributed by atoms with Crippen molar-refractivity contribution in [1.82, 2.24) is 5.43 Å². The van der Waals surface area contributed by atoms with Gasteiger partial charge in [-0.05, 0) is 24.6 Å². The van der Waals surface area contributed by atoms with Crippen LogP contribution in [0.15, 0.2) is 35.4 Å². The van der Waals surface area contributed by atoms with Crippen molar-refractivity contribution in [3.05, 3.63) is 61.5 Å². The largest absolute Gasteiger partial charge is 0.454 e. The number of hydrogen-bond donors (Lipinski definition) is 1. The van der Waals surface area contributed by atoms with E-state index in [1.54, 1.807) is 0 Å². The number of aryl methyl sites for hydroxylation is 1. The number of nitrogens with zero attached hydrogens (tertiary/aromatic N) is 2. The van der Waals surface area contributed by atoms with Crippen LogP contribution in [-0.4, -0.2) is 23.8 Å². The molecule has 1 N–H and O–H groups in total. The van der Waals surface area contributed by atoms with Gasteiger partial charge in [-0.3, -0.25) is 14.9 Å². The van der Waals surface area contributed by atoms with Crippen molar-refractivity contribution in [1.29, 1.82) is 0 Å². The molecular formula is C18H12ClN3O5S. The molecule has 0 saturated heterocycles. The predicted molar refractivity (Wildman–Crippen MR) is 106 cm³/mol. The van der Waals surface area contributed by atoms with Crippen molar-refractivity contribution in [2.24, 2.45) is 5.10 Å². The molecule has 142 valence electrons. The number of halogens is 1. The van der Waals surface area contributed by atoms with Crippen molar-refractivity contribution in [3.63, 3.8) is 0 Å². The first-order chi connectivity index (χ1) is 13.4. The summed E-state index contributed by atoms with van der Waals surface area (Å²) in [6.45, 7) is 1.95. The highest BCUT2D eigenvalue weighted by Gasteiger charge is 2.23. The van der Waals surface area contributed by atoms with Gasteiger partial charge >= 0.3 is 0 Å². The average Bonchev–Trinajstić information content (AvgIpc) is 3.24. The van der Waals surface area contributed by atoms with Gasteiger partial charge in [0, 0.05) is 10.1 Å². The molecule has 0 bridgehead atoms. The Balaban J connectivity index is 1.58. The number of hydrogen-bond acceptors (Lipinski definition) is 7. The maximum atomic E-state index is 12.4. The second-order valence-corrected chi connectivity index (χ2v) is 7.40. The molecule has 2 heterocycles. The Morgan fingerprint density at radius 2 is 2.07 bits per heavy atom.